The molecule has 1 saturated heterocycles. The highest BCUT2D eigenvalue weighted by atomic mass is 32.2. The smallest absolute Gasteiger partial charge is 0.305 e. The van der Waals surface area contributed by atoms with Gasteiger partial charge < -0.3 is 26.9 Å². The van der Waals surface area contributed by atoms with Crippen LogP contribution in [-0.2, 0) is 14.4 Å². The third-order valence-electron chi connectivity index (χ3n) is 4.06. The van der Waals surface area contributed by atoms with E-state index < -0.39 is 30.4 Å². The molecule has 0 aromatic carbocycles. The Hall–Kier alpha value is -1.32. The fraction of sp³-hybridized carbons (Fsp3) is 0.800. The van der Waals surface area contributed by atoms with Crippen molar-refractivity contribution in [3.63, 3.8) is 0 Å². The number of hydrogen-bond acceptors (Lipinski definition) is 5. The minimum absolute atomic E-state index is 0. The second kappa shape index (κ2) is 8.17. The number of thioether (sulfide) groups is 1. The molecule has 0 radical (unpaired) electrons. The Morgan fingerprint density at radius 3 is 2.21 bits per heavy atom. The van der Waals surface area contributed by atoms with Crippen molar-refractivity contribution in [2.45, 2.75) is 63.9 Å². The van der Waals surface area contributed by atoms with E-state index in [9.17, 15) is 14.4 Å². The first kappa shape index (κ1) is 22.7. The number of amides is 2. The van der Waals surface area contributed by atoms with Crippen LogP contribution in [0.15, 0.2) is 0 Å². The van der Waals surface area contributed by atoms with Gasteiger partial charge in [0.2, 0.25) is 11.8 Å². The molecule has 1 heterocycles. The standard InChI is InChI=1S/C15H27N3O4S.H2O/c1-8(17-12(22)9(16)6-10(19)20)11(21)18-13-14(2,3)7-23-15(13,4)5;/h8-9,13H,6-7,16H2,1-5H3,(H,17,22)(H,18,21)(H,19,20);1H2/t8-,9+,13?;/m1./s1. The average molecular weight is 363 g/mol. The van der Waals surface area contributed by atoms with Crippen LogP contribution in [0.3, 0.4) is 0 Å². The van der Waals surface area contributed by atoms with Gasteiger partial charge in [0.1, 0.15) is 6.04 Å². The maximum atomic E-state index is 12.4. The Bertz CT molecular complexity index is 480. The van der Waals surface area contributed by atoms with E-state index in [-0.39, 0.29) is 27.6 Å². The topological polar surface area (TPSA) is 153 Å². The van der Waals surface area contributed by atoms with Crippen LogP contribution in [0.4, 0.5) is 0 Å². The van der Waals surface area contributed by atoms with Crippen LogP contribution in [0, 0.1) is 5.41 Å². The molecule has 7 N–H and O–H groups in total. The van der Waals surface area contributed by atoms with Gasteiger partial charge in [-0.15, -0.1) is 0 Å². The molecule has 9 heteroatoms. The number of nitrogens with two attached hydrogens (primary N) is 1. The molecular weight excluding hydrogens is 334 g/mol. The monoisotopic (exact) mass is 363 g/mol. The van der Waals surface area contributed by atoms with Crippen LogP contribution in [0.25, 0.3) is 0 Å². The summed E-state index contributed by atoms with van der Waals surface area (Å²) in [6, 6.07) is -1.98. The third-order valence-corrected chi connectivity index (χ3v) is 5.93. The molecule has 1 fully saturated rings. The predicted octanol–water partition coefficient (Wildman–Crippen LogP) is -0.495. The van der Waals surface area contributed by atoms with Crippen molar-refractivity contribution in [2.24, 2.45) is 11.1 Å². The molecule has 140 valence electrons. The van der Waals surface area contributed by atoms with E-state index in [1.807, 2.05) is 0 Å². The van der Waals surface area contributed by atoms with Gasteiger partial charge in [0.05, 0.1) is 12.5 Å². The fourth-order valence-corrected chi connectivity index (χ4v) is 4.24. The van der Waals surface area contributed by atoms with Crippen molar-refractivity contribution in [3.8, 4) is 0 Å². The van der Waals surface area contributed by atoms with Gasteiger partial charge in [0, 0.05) is 16.5 Å². The number of carbonyl (C=O) groups is 3. The number of rotatable bonds is 6. The zero-order chi connectivity index (χ0) is 18.0. The van der Waals surface area contributed by atoms with Gasteiger partial charge in [-0.3, -0.25) is 14.4 Å². The molecule has 8 nitrogen and oxygen atoms in total. The van der Waals surface area contributed by atoms with Crippen molar-refractivity contribution in [3.05, 3.63) is 0 Å². The van der Waals surface area contributed by atoms with Crippen molar-refractivity contribution >= 4 is 29.5 Å². The maximum absolute atomic E-state index is 12.4. The highest BCUT2D eigenvalue weighted by Crippen LogP contribution is 2.47. The Kier molecular flexibility index (Phi) is 7.72. The molecule has 3 atom stereocenters. The lowest BCUT2D eigenvalue weighted by Crippen LogP contribution is -2.57. The molecule has 0 aromatic heterocycles. The molecule has 0 spiro atoms. The van der Waals surface area contributed by atoms with Crippen LogP contribution in [0.5, 0.6) is 0 Å². The zero-order valence-corrected chi connectivity index (χ0v) is 15.6. The summed E-state index contributed by atoms with van der Waals surface area (Å²) in [6.07, 6.45) is -0.473. The van der Waals surface area contributed by atoms with E-state index in [4.69, 9.17) is 10.8 Å². The third kappa shape index (κ3) is 5.64. The Labute approximate surface area is 146 Å². The van der Waals surface area contributed by atoms with Crippen LogP contribution in [0.2, 0.25) is 0 Å². The second-order valence-corrected chi connectivity index (χ2v) is 8.89. The van der Waals surface area contributed by atoms with Gasteiger partial charge in [-0.1, -0.05) is 13.8 Å². The van der Waals surface area contributed by atoms with Gasteiger partial charge in [0.25, 0.3) is 0 Å². The predicted molar refractivity (Wildman–Crippen MR) is 93.7 cm³/mol. The van der Waals surface area contributed by atoms with Crippen molar-refractivity contribution in [1.29, 1.82) is 0 Å². The van der Waals surface area contributed by atoms with Crippen molar-refractivity contribution in [2.75, 3.05) is 5.75 Å². The maximum Gasteiger partial charge on any atom is 0.305 e. The average Bonchev–Trinajstić information content (AvgIpc) is 2.60. The number of hydrogen-bond donors (Lipinski definition) is 4. The lowest BCUT2D eigenvalue weighted by atomic mass is 9.80. The van der Waals surface area contributed by atoms with E-state index in [1.165, 1.54) is 0 Å². The summed E-state index contributed by atoms with van der Waals surface area (Å²) in [5.74, 6) is -1.16. The lowest BCUT2D eigenvalue weighted by molar-refractivity contribution is -0.139. The minimum Gasteiger partial charge on any atom is -0.481 e. The first-order valence-electron chi connectivity index (χ1n) is 7.59. The molecule has 1 aliphatic heterocycles. The molecule has 0 bridgehead atoms. The molecule has 2 amide bonds. The Morgan fingerprint density at radius 1 is 1.25 bits per heavy atom. The molecule has 1 rings (SSSR count). The lowest BCUT2D eigenvalue weighted by Gasteiger charge is -2.35. The van der Waals surface area contributed by atoms with Gasteiger partial charge in [-0.2, -0.15) is 11.8 Å². The van der Waals surface area contributed by atoms with E-state index >= 15 is 0 Å². The first-order valence-corrected chi connectivity index (χ1v) is 8.57. The summed E-state index contributed by atoms with van der Waals surface area (Å²) in [5.41, 5.74) is 5.44. The number of carboxylic acid groups (broad SMARTS) is 1. The van der Waals surface area contributed by atoms with Crippen LogP contribution < -0.4 is 16.4 Å². The largest absolute Gasteiger partial charge is 0.481 e. The number of carboxylic acids is 1. The van der Waals surface area contributed by atoms with Crippen LogP contribution in [-0.4, -0.2) is 57.0 Å². The van der Waals surface area contributed by atoms with E-state index in [1.54, 1.807) is 18.7 Å². The summed E-state index contributed by atoms with van der Waals surface area (Å²) < 4.78 is -0.0946. The molecule has 0 saturated carbocycles. The van der Waals surface area contributed by atoms with E-state index in [0.717, 1.165) is 5.75 Å². The SMILES string of the molecule is C[C@@H](NC(=O)[C@@H](N)CC(=O)O)C(=O)NC1C(C)(C)CSC1(C)C.O. The first-order chi connectivity index (χ1) is 10.4. The van der Waals surface area contributed by atoms with E-state index in [0.29, 0.717) is 0 Å². The molecule has 0 aromatic rings. The minimum atomic E-state index is -1.17. The quantitative estimate of drug-likeness (QED) is 0.499. The fourth-order valence-electron chi connectivity index (χ4n) is 2.78. The molecule has 0 aliphatic carbocycles. The zero-order valence-electron chi connectivity index (χ0n) is 14.8. The number of aliphatic carboxylic acids is 1. The molecule has 1 aliphatic rings. The van der Waals surface area contributed by atoms with Crippen LogP contribution >= 0.6 is 11.8 Å². The highest BCUT2D eigenvalue weighted by molar-refractivity contribution is 8.01. The molecular formula is C15H29N3O5S. The van der Waals surface area contributed by atoms with Gasteiger partial charge >= 0.3 is 5.97 Å². The normalized spacial score (nSPS) is 23.5. The number of carbonyl (C=O) groups excluding carboxylic acids is 2. The molecule has 24 heavy (non-hydrogen) atoms. The van der Waals surface area contributed by atoms with Crippen molar-refractivity contribution in [1.82, 2.24) is 10.6 Å². The summed E-state index contributed by atoms with van der Waals surface area (Å²) in [5, 5.41) is 14.1. The van der Waals surface area contributed by atoms with Gasteiger partial charge in [-0.25, -0.2) is 0 Å². The Morgan fingerprint density at radius 2 is 1.79 bits per heavy atom. The summed E-state index contributed by atoms with van der Waals surface area (Å²) in [4.78, 5) is 34.7. The van der Waals surface area contributed by atoms with Gasteiger partial charge in [-0.05, 0) is 26.2 Å². The summed E-state index contributed by atoms with van der Waals surface area (Å²) >= 11 is 1.81. The van der Waals surface area contributed by atoms with Crippen molar-refractivity contribution < 1.29 is 25.0 Å². The molecule has 1 unspecified atom stereocenters. The Balaban J connectivity index is 0.00000529. The summed E-state index contributed by atoms with van der Waals surface area (Å²) in [7, 11) is 0. The summed E-state index contributed by atoms with van der Waals surface area (Å²) in [6.45, 7) is 9.94. The number of nitrogens with one attached hydrogen (secondary N) is 2. The van der Waals surface area contributed by atoms with Crippen LogP contribution in [0.1, 0.15) is 41.0 Å². The second-order valence-electron chi connectivity index (χ2n) is 7.26. The highest BCUT2D eigenvalue weighted by Gasteiger charge is 2.48. The van der Waals surface area contributed by atoms with Gasteiger partial charge in [0.15, 0.2) is 0 Å². The van der Waals surface area contributed by atoms with E-state index in [2.05, 4.69) is 38.3 Å².